The summed E-state index contributed by atoms with van der Waals surface area (Å²) >= 11 is 5.84. The van der Waals surface area contributed by atoms with Crippen molar-refractivity contribution in [2.45, 2.75) is 4.90 Å². The molecule has 1 heterocycles. The molecule has 1 amide bonds. The molecule has 0 saturated carbocycles. The molecule has 0 aromatic heterocycles. The van der Waals surface area contributed by atoms with Gasteiger partial charge >= 0.3 is 0 Å². The molecule has 2 aromatic rings. The van der Waals surface area contributed by atoms with E-state index < -0.39 is 10.0 Å². The summed E-state index contributed by atoms with van der Waals surface area (Å²) in [6.07, 6.45) is 3.00. The van der Waals surface area contributed by atoms with Gasteiger partial charge in [-0.15, -0.1) is 0 Å². The van der Waals surface area contributed by atoms with E-state index in [1.165, 1.54) is 29.6 Å². The Morgan fingerprint density at radius 2 is 1.86 bits per heavy atom. The third kappa shape index (κ3) is 5.36. The number of amides is 1. The molecule has 3 rings (SSSR count). The average molecular weight is 437 g/mol. The molecule has 0 atom stereocenters. The van der Waals surface area contributed by atoms with Crippen LogP contribution in [0.3, 0.4) is 0 Å². The second-order valence-corrected chi connectivity index (χ2v) is 8.60. The van der Waals surface area contributed by atoms with Crippen molar-refractivity contribution >= 4 is 39.3 Å². The number of methoxy groups -OCH3 is 1. The number of carbonyl (C=O) groups is 1. The van der Waals surface area contributed by atoms with Gasteiger partial charge in [0.2, 0.25) is 15.9 Å². The summed E-state index contributed by atoms with van der Waals surface area (Å²) in [7, 11) is -2.37. The Balaban J connectivity index is 1.79. The molecule has 0 spiro atoms. The Labute approximate surface area is 174 Å². The van der Waals surface area contributed by atoms with Crippen LogP contribution in [0.15, 0.2) is 53.4 Å². The Morgan fingerprint density at radius 1 is 1.17 bits per heavy atom. The van der Waals surface area contributed by atoms with Crippen molar-refractivity contribution in [1.82, 2.24) is 4.31 Å². The van der Waals surface area contributed by atoms with E-state index in [9.17, 15) is 13.2 Å². The molecular formula is C20H21ClN2O5S. The lowest BCUT2D eigenvalue weighted by atomic mass is 10.2. The fourth-order valence-corrected chi connectivity index (χ4v) is 4.53. The van der Waals surface area contributed by atoms with Crippen molar-refractivity contribution in [3.8, 4) is 5.75 Å². The van der Waals surface area contributed by atoms with Crippen LogP contribution in [0.4, 0.5) is 5.69 Å². The Bertz CT molecular complexity index is 1000. The van der Waals surface area contributed by atoms with Crippen LogP contribution in [-0.4, -0.2) is 52.0 Å². The summed E-state index contributed by atoms with van der Waals surface area (Å²) in [5, 5.41) is 3.29. The van der Waals surface area contributed by atoms with Gasteiger partial charge in [-0.2, -0.15) is 4.31 Å². The van der Waals surface area contributed by atoms with Crippen molar-refractivity contribution in [2.75, 3.05) is 38.7 Å². The Kier molecular flexibility index (Phi) is 6.92. The second-order valence-electron chi connectivity index (χ2n) is 6.26. The molecule has 1 fully saturated rings. The number of halogens is 1. The summed E-state index contributed by atoms with van der Waals surface area (Å²) in [4.78, 5) is 12.2. The third-order valence-electron chi connectivity index (χ3n) is 4.32. The van der Waals surface area contributed by atoms with Gasteiger partial charge in [-0.3, -0.25) is 4.79 Å². The fraction of sp³-hybridized carbons (Fsp3) is 0.250. The highest BCUT2D eigenvalue weighted by atomic mass is 35.5. The zero-order valence-corrected chi connectivity index (χ0v) is 17.4. The van der Waals surface area contributed by atoms with Crippen LogP contribution in [0, 0.1) is 0 Å². The standard InChI is InChI=1S/C20H21ClN2O5S/c1-27-18-8-7-17(14-19(18)29(25,26)23-10-12-28-13-11-23)22-20(24)9-4-15-2-5-16(21)6-3-15/h2-9,14H,10-13H2,1H3,(H,22,24)/b9-4+. The number of hydrogen-bond acceptors (Lipinski definition) is 5. The number of nitrogens with one attached hydrogen (secondary N) is 1. The molecule has 1 saturated heterocycles. The maximum atomic E-state index is 13.0. The van der Waals surface area contributed by atoms with Gasteiger partial charge in [0.1, 0.15) is 10.6 Å². The molecule has 29 heavy (non-hydrogen) atoms. The normalized spacial score (nSPS) is 15.4. The van der Waals surface area contributed by atoms with Gasteiger partial charge in [-0.25, -0.2) is 8.42 Å². The number of anilines is 1. The SMILES string of the molecule is COc1ccc(NC(=O)/C=C/c2ccc(Cl)cc2)cc1S(=O)(=O)N1CCOCC1. The van der Waals surface area contributed by atoms with Gasteiger partial charge in [-0.05, 0) is 42.0 Å². The summed E-state index contributed by atoms with van der Waals surface area (Å²) in [6, 6.07) is 11.5. The Morgan fingerprint density at radius 3 is 2.52 bits per heavy atom. The molecule has 7 nitrogen and oxygen atoms in total. The zero-order chi connectivity index (χ0) is 20.9. The minimum atomic E-state index is -3.78. The lowest BCUT2D eigenvalue weighted by Gasteiger charge is -2.26. The number of sulfonamides is 1. The number of benzene rings is 2. The lowest BCUT2D eigenvalue weighted by molar-refractivity contribution is -0.111. The summed E-state index contributed by atoms with van der Waals surface area (Å²) in [5.41, 5.74) is 1.17. The number of hydrogen-bond donors (Lipinski definition) is 1. The van der Waals surface area contributed by atoms with Crippen molar-refractivity contribution < 1.29 is 22.7 Å². The van der Waals surface area contributed by atoms with Crippen LogP contribution in [0.1, 0.15) is 5.56 Å². The van der Waals surface area contributed by atoms with Crippen molar-refractivity contribution in [2.24, 2.45) is 0 Å². The monoisotopic (exact) mass is 436 g/mol. The summed E-state index contributed by atoms with van der Waals surface area (Å²) in [6.45, 7) is 1.22. The van der Waals surface area contributed by atoms with Crippen molar-refractivity contribution in [3.05, 3.63) is 59.1 Å². The molecule has 0 unspecified atom stereocenters. The van der Waals surface area contributed by atoms with Crippen LogP contribution in [0.2, 0.25) is 5.02 Å². The highest BCUT2D eigenvalue weighted by Gasteiger charge is 2.29. The number of rotatable bonds is 6. The van der Waals surface area contributed by atoms with Crippen molar-refractivity contribution in [3.63, 3.8) is 0 Å². The number of nitrogens with zero attached hydrogens (tertiary/aromatic N) is 1. The first kappa shape index (κ1) is 21.3. The highest BCUT2D eigenvalue weighted by molar-refractivity contribution is 7.89. The maximum absolute atomic E-state index is 13.0. The molecule has 0 bridgehead atoms. The second kappa shape index (κ2) is 9.41. The third-order valence-corrected chi connectivity index (χ3v) is 6.49. The average Bonchev–Trinajstić information content (AvgIpc) is 2.74. The Hall–Kier alpha value is -2.39. The van der Waals surface area contributed by atoms with Crippen LogP contribution >= 0.6 is 11.6 Å². The van der Waals surface area contributed by atoms with E-state index in [1.54, 1.807) is 36.4 Å². The van der Waals surface area contributed by atoms with Gasteiger partial charge in [0.05, 0.1) is 20.3 Å². The largest absolute Gasteiger partial charge is 0.495 e. The van der Waals surface area contributed by atoms with E-state index >= 15 is 0 Å². The molecular weight excluding hydrogens is 416 g/mol. The van der Waals surface area contributed by atoms with E-state index in [-0.39, 0.29) is 29.6 Å². The predicted octanol–water partition coefficient (Wildman–Crippen LogP) is 3.02. The summed E-state index contributed by atoms with van der Waals surface area (Å²) < 4.78 is 37.8. The quantitative estimate of drug-likeness (QED) is 0.703. The highest BCUT2D eigenvalue weighted by Crippen LogP contribution is 2.30. The molecule has 2 aromatic carbocycles. The lowest BCUT2D eigenvalue weighted by Crippen LogP contribution is -2.40. The van der Waals surface area contributed by atoms with Crippen molar-refractivity contribution in [1.29, 1.82) is 0 Å². The van der Waals surface area contributed by atoms with Gasteiger partial charge in [0.15, 0.2) is 0 Å². The van der Waals surface area contributed by atoms with Gasteiger partial charge < -0.3 is 14.8 Å². The molecule has 1 aliphatic rings. The van der Waals surface area contributed by atoms with Gasteiger partial charge in [-0.1, -0.05) is 23.7 Å². The number of ether oxygens (including phenoxy) is 2. The molecule has 9 heteroatoms. The summed E-state index contributed by atoms with van der Waals surface area (Å²) in [5.74, 6) is -0.175. The van der Waals surface area contributed by atoms with Crippen LogP contribution in [0.25, 0.3) is 6.08 Å². The van der Waals surface area contributed by atoms with Crippen LogP contribution < -0.4 is 10.1 Å². The first-order valence-electron chi connectivity index (χ1n) is 8.91. The van der Waals surface area contributed by atoms with Gasteiger partial charge in [0, 0.05) is 29.9 Å². The molecule has 1 aliphatic heterocycles. The predicted molar refractivity (Wildman–Crippen MR) is 112 cm³/mol. The zero-order valence-electron chi connectivity index (χ0n) is 15.8. The van der Waals surface area contributed by atoms with Crippen LogP contribution in [0.5, 0.6) is 5.75 Å². The minimum absolute atomic E-state index is 0.00128. The van der Waals surface area contributed by atoms with E-state index in [0.717, 1.165) is 5.56 Å². The molecule has 0 radical (unpaired) electrons. The molecule has 154 valence electrons. The molecule has 1 N–H and O–H groups in total. The van der Waals surface area contributed by atoms with E-state index in [4.69, 9.17) is 21.1 Å². The fourth-order valence-electron chi connectivity index (χ4n) is 2.81. The number of carbonyl (C=O) groups excluding carboxylic acids is 1. The topological polar surface area (TPSA) is 84.9 Å². The van der Waals surface area contributed by atoms with E-state index in [2.05, 4.69) is 5.32 Å². The smallest absolute Gasteiger partial charge is 0.248 e. The molecule has 0 aliphatic carbocycles. The van der Waals surface area contributed by atoms with Crippen LogP contribution in [-0.2, 0) is 19.6 Å². The van der Waals surface area contributed by atoms with E-state index in [0.29, 0.717) is 23.9 Å². The minimum Gasteiger partial charge on any atom is -0.495 e. The van der Waals surface area contributed by atoms with E-state index in [1.807, 2.05) is 0 Å². The first-order valence-corrected chi connectivity index (χ1v) is 10.7. The number of morpholine rings is 1. The maximum Gasteiger partial charge on any atom is 0.248 e. The van der Waals surface area contributed by atoms with Gasteiger partial charge in [0.25, 0.3) is 0 Å². The first-order chi connectivity index (χ1) is 13.9.